The van der Waals surface area contributed by atoms with Gasteiger partial charge in [-0.2, -0.15) is 0 Å². The van der Waals surface area contributed by atoms with E-state index in [1.54, 1.807) is 6.92 Å². The van der Waals surface area contributed by atoms with E-state index in [4.69, 9.17) is 0 Å². The van der Waals surface area contributed by atoms with Gasteiger partial charge < -0.3 is 10.6 Å². The van der Waals surface area contributed by atoms with Crippen molar-refractivity contribution in [3.05, 3.63) is 35.4 Å². The Bertz CT molecular complexity index is 652. The number of nitrogens with one attached hydrogen (secondary N) is 2. The molecule has 1 aromatic rings. The lowest BCUT2D eigenvalue weighted by Gasteiger charge is -2.22. The number of amides is 4. The van der Waals surface area contributed by atoms with Crippen LogP contribution in [0.25, 0.3) is 0 Å². The quantitative estimate of drug-likeness (QED) is 0.804. The summed E-state index contributed by atoms with van der Waals surface area (Å²) in [6, 6.07) is 6.91. The largest absolute Gasteiger partial charge is 0.354 e. The van der Waals surface area contributed by atoms with Crippen LogP contribution in [0.15, 0.2) is 24.3 Å². The monoisotopic (exact) mass is 315 g/mol. The van der Waals surface area contributed by atoms with Crippen LogP contribution in [0.1, 0.15) is 30.9 Å². The molecule has 1 saturated carbocycles. The summed E-state index contributed by atoms with van der Waals surface area (Å²) in [5.41, 5.74) is 0.662. The highest BCUT2D eigenvalue weighted by molar-refractivity contribution is 6.09. The Kier molecular flexibility index (Phi) is 3.83. The van der Waals surface area contributed by atoms with Crippen molar-refractivity contribution in [1.29, 1.82) is 0 Å². The van der Waals surface area contributed by atoms with Crippen LogP contribution < -0.4 is 10.6 Å². The number of urea groups is 1. The number of carbonyl (C=O) groups is 3. The Hall–Kier alpha value is -2.37. The first kappa shape index (κ1) is 15.5. The van der Waals surface area contributed by atoms with E-state index in [1.807, 2.05) is 31.2 Å². The first-order valence-corrected chi connectivity index (χ1v) is 7.88. The molecule has 0 bridgehead atoms. The molecule has 0 spiro atoms. The van der Waals surface area contributed by atoms with Gasteiger partial charge in [-0.3, -0.25) is 14.5 Å². The first-order valence-electron chi connectivity index (χ1n) is 7.88. The minimum absolute atomic E-state index is 0.237. The van der Waals surface area contributed by atoms with Gasteiger partial charge in [0.1, 0.15) is 12.1 Å². The highest BCUT2D eigenvalue weighted by Crippen LogP contribution is 2.29. The van der Waals surface area contributed by atoms with Gasteiger partial charge in [0.25, 0.3) is 5.91 Å². The number of imide groups is 1. The molecule has 2 N–H and O–H groups in total. The normalized spacial score (nSPS) is 23.8. The highest BCUT2D eigenvalue weighted by atomic mass is 16.2. The molecule has 6 nitrogen and oxygen atoms in total. The molecule has 1 atom stereocenters. The summed E-state index contributed by atoms with van der Waals surface area (Å²) in [5, 5.41) is 5.48. The molecule has 6 heteroatoms. The molecule has 1 aliphatic heterocycles. The molecule has 122 valence electrons. The Balaban J connectivity index is 1.70. The Morgan fingerprint density at radius 3 is 2.57 bits per heavy atom. The van der Waals surface area contributed by atoms with E-state index in [1.165, 1.54) is 0 Å². The van der Waals surface area contributed by atoms with Crippen LogP contribution in [0, 0.1) is 12.8 Å². The van der Waals surface area contributed by atoms with Crippen LogP contribution in [0.5, 0.6) is 0 Å². The minimum Gasteiger partial charge on any atom is -0.354 e. The molecule has 3 rings (SSSR count). The van der Waals surface area contributed by atoms with Gasteiger partial charge in [-0.1, -0.05) is 29.8 Å². The average molecular weight is 315 g/mol. The summed E-state index contributed by atoms with van der Waals surface area (Å²) in [6.45, 7) is 4.01. The first-order chi connectivity index (χ1) is 10.9. The molecule has 0 radical (unpaired) electrons. The number of nitrogens with zero attached hydrogens (tertiary/aromatic N) is 1. The Labute approximate surface area is 135 Å². The summed E-state index contributed by atoms with van der Waals surface area (Å²) in [6.07, 6.45) is 2.27. The number of benzene rings is 1. The second kappa shape index (κ2) is 5.68. The van der Waals surface area contributed by atoms with E-state index in [9.17, 15) is 14.4 Å². The van der Waals surface area contributed by atoms with Gasteiger partial charge in [0.05, 0.1) is 0 Å². The van der Waals surface area contributed by atoms with E-state index >= 15 is 0 Å². The number of aryl methyl sites for hydroxylation is 1. The lowest BCUT2D eigenvalue weighted by Crippen LogP contribution is -2.43. The van der Waals surface area contributed by atoms with E-state index in [2.05, 4.69) is 10.6 Å². The molecule has 1 aromatic carbocycles. The lowest BCUT2D eigenvalue weighted by atomic mass is 9.91. The molecule has 4 amide bonds. The van der Waals surface area contributed by atoms with Crippen molar-refractivity contribution in [2.45, 2.75) is 32.2 Å². The molecular weight excluding hydrogens is 294 g/mol. The fourth-order valence-corrected chi connectivity index (χ4v) is 2.70. The predicted octanol–water partition coefficient (Wildman–Crippen LogP) is 1.29. The summed E-state index contributed by atoms with van der Waals surface area (Å²) in [7, 11) is 0. The van der Waals surface area contributed by atoms with Gasteiger partial charge in [-0.25, -0.2) is 4.79 Å². The van der Waals surface area contributed by atoms with Gasteiger partial charge in [0.2, 0.25) is 5.91 Å². The number of hydrogen-bond donors (Lipinski definition) is 2. The summed E-state index contributed by atoms with van der Waals surface area (Å²) < 4.78 is 0. The smallest absolute Gasteiger partial charge is 0.325 e. The second-order valence-corrected chi connectivity index (χ2v) is 6.56. The fourth-order valence-electron chi connectivity index (χ4n) is 2.70. The van der Waals surface area contributed by atoms with Crippen LogP contribution >= 0.6 is 0 Å². The van der Waals surface area contributed by atoms with E-state index in [0.29, 0.717) is 18.0 Å². The van der Waals surface area contributed by atoms with Crippen molar-refractivity contribution in [3.8, 4) is 0 Å². The van der Waals surface area contributed by atoms with Crippen LogP contribution in [0.3, 0.4) is 0 Å². The minimum atomic E-state index is -1.12. The lowest BCUT2D eigenvalue weighted by molar-refractivity contribution is -0.134. The maximum absolute atomic E-state index is 12.7. The van der Waals surface area contributed by atoms with Crippen molar-refractivity contribution in [1.82, 2.24) is 15.5 Å². The zero-order valence-electron chi connectivity index (χ0n) is 13.4. The van der Waals surface area contributed by atoms with E-state index < -0.39 is 17.5 Å². The van der Waals surface area contributed by atoms with Crippen molar-refractivity contribution < 1.29 is 14.4 Å². The second-order valence-electron chi connectivity index (χ2n) is 6.56. The van der Waals surface area contributed by atoms with Gasteiger partial charge in [0.15, 0.2) is 0 Å². The number of carbonyl (C=O) groups excluding carboxylic acids is 3. The van der Waals surface area contributed by atoms with Gasteiger partial charge in [-0.15, -0.1) is 0 Å². The maximum atomic E-state index is 12.7. The zero-order valence-corrected chi connectivity index (χ0v) is 13.4. The van der Waals surface area contributed by atoms with E-state index in [-0.39, 0.29) is 12.5 Å². The molecular formula is C17H21N3O3. The Morgan fingerprint density at radius 2 is 1.96 bits per heavy atom. The van der Waals surface area contributed by atoms with Crippen LogP contribution in [-0.2, 0) is 15.1 Å². The zero-order chi connectivity index (χ0) is 16.6. The number of hydrogen-bond acceptors (Lipinski definition) is 3. The van der Waals surface area contributed by atoms with Gasteiger partial charge >= 0.3 is 6.03 Å². The van der Waals surface area contributed by atoms with Gasteiger partial charge in [-0.05, 0) is 38.2 Å². The third-order valence-corrected chi connectivity index (χ3v) is 4.49. The van der Waals surface area contributed by atoms with E-state index in [0.717, 1.165) is 23.3 Å². The third kappa shape index (κ3) is 3.06. The van der Waals surface area contributed by atoms with Crippen LogP contribution in [0.2, 0.25) is 0 Å². The topological polar surface area (TPSA) is 78.5 Å². The van der Waals surface area contributed by atoms with Crippen LogP contribution in [-0.4, -0.2) is 35.8 Å². The van der Waals surface area contributed by atoms with Crippen molar-refractivity contribution in [2.75, 3.05) is 13.1 Å². The highest BCUT2D eigenvalue weighted by Gasteiger charge is 2.49. The van der Waals surface area contributed by atoms with Gasteiger partial charge in [0, 0.05) is 6.54 Å². The van der Waals surface area contributed by atoms with Crippen molar-refractivity contribution >= 4 is 17.8 Å². The molecule has 1 saturated heterocycles. The molecule has 0 aromatic heterocycles. The van der Waals surface area contributed by atoms with Crippen molar-refractivity contribution in [3.63, 3.8) is 0 Å². The predicted molar refractivity (Wildman–Crippen MR) is 84.5 cm³/mol. The molecule has 2 aliphatic rings. The third-order valence-electron chi connectivity index (χ3n) is 4.49. The fraction of sp³-hybridized carbons (Fsp3) is 0.471. The number of rotatable bonds is 5. The van der Waals surface area contributed by atoms with Crippen molar-refractivity contribution in [2.24, 2.45) is 5.92 Å². The SMILES string of the molecule is Cc1ccc(C2(C)NC(=O)N(CC(=O)NCC3CC3)C2=O)cc1. The molecule has 23 heavy (non-hydrogen) atoms. The summed E-state index contributed by atoms with van der Waals surface area (Å²) in [4.78, 5) is 37.7. The maximum Gasteiger partial charge on any atom is 0.325 e. The van der Waals surface area contributed by atoms with Crippen LogP contribution in [0.4, 0.5) is 4.79 Å². The summed E-state index contributed by atoms with van der Waals surface area (Å²) in [5.74, 6) is -0.138. The molecule has 2 fully saturated rings. The Morgan fingerprint density at radius 1 is 1.30 bits per heavy atom. The molecule has 1 unspecified atom stereocenters. The summed E-state index contributed by atoms with van der Waals surface area (Å²) >= 11 is 0. The average Bonchev–Trinajstić information content (AvgIpc) is 3.31. The molecule has 1 heterocycles. The standard InChI is InChI=1S/C17H21N3O3/c1-11-3-7-13(8-4-11)17(2)15(22)20(16(23)19-17)10-14(21)18-9-12-5-6-12/h3-4,7-8,12H,5-6,9-10H2,1-2H3,(H,18,21)(H,19,23). The molecule has 1 aliphatic carbocycles.